The maximum absolute atomic E-state index is 11.4. The Kier molecular flexibility index (Phi) is 4.31. The minimum absolute atomic E-state index is 0.0292. The summed E-state index contributed by atoms with van der Waals surface area (Å²) in [5, 5.41) is 19.8. The molecule has 0 radical (unpaired) electrons. The normalized spacial score (nSPS) is 29.4. The molecule has 1 rings (SSSR count). The molecular weight excluding hydrogens is 230 g/mol. The lowest BCUT2D eigenvalue weighted by atomic mass is 9.75. The van der Waals surface area contributed by atoms with Gasteiger partial charge in [-0.25, -0.2) is 4.79 Å². The second kappa shape index (κ2) is 5.08. The van der Waals surface area contributed by atoms with E-state index in [2.05, 4.69) is 0 Å². The van der Waals surface area contributed by atoms with Gasteiger partial charge in [0.05, 0.1) is 5.60 Å². The zero-order chi connectivity index (χ0) is 14.1. The molecule has 0 aromatic rings. The van der Waals surface area contributed by atoms with Crippen molar-refractivity contribution in [2.45, 2.75) is 77.5 Å². The molecule has 2 N–H and O–H groups in total. The van der Waals surface area contributed by atoms with Gasteiger partial charge in [-0.05, 0) is 52.4 Å². The molecule has 0 aromatic carbocycles. The number of rotatable bonds is 2. The molecule has 1 amide bonds. The molecule has 0 spiro atoms. The summed E-state index contributed by atoms with van der Waals surface area (Å²) in [6, 6.07) is 0.0292. The van der Waals surface area contributed by atoms with Crippen LogP contribution in [0.15, 0.2) is 0 Å². The van der Waals surface area contributed by atoms with Gasteiger partial charge in [-0.3, -0.25) is 0 Å². The van der Waals surface area contributed by atoms with Gasteiger partial charge in [0.2, 0.25) is 0 Å². The molecule has 1 aliphatic rings. The third-order valence-electron chi connectivity index (χ3n) is 4.19. The van der Waals surface area contributed by atoms with Crippen LogP contribution in [0.3, 0.4) is 0 Å². The zero-order valence-corrected chi connectivity index (χ0v) is 12.2. The van der Waals surface area contributed by atoms with Gasteiger partial charge in [0.25, 0.3) is 0 Å². The van der Waals surface area contributed by atoms with E-state index in [0.29, 0.717) is 12.8 Å². The van der Waals surface area contributed by atoms with Crippen molar-refractivity contribution in [1.82, 2.24) is 4.90 Å². The maximum atomic E-state index is 11.4. The number of aliphatic hydroxyl groups is 1. The number of hydrogen-bond donors (Lipinski definition) is 2. The Morgan fingerprint density at radius 2 is 1.72 bits per heavy atom. The summed E-state index contributed by atoms with van der Waals surface area (Å²) in [7, 11) is 0. The molecule has 0 heterocycles. The van der Waals surface area contributed by atoms with E-state index < -0.39 is 11.7 Å². The van der Waals surface area contributed by atoms with Gasteiger partial charge in [-0.15, -0.1) is 0 Å². The predicted molar refractivity (Wildman–Crippen MR) is 71.7 cm³/mol. The van der Waals surface area contributed by atoms with Gasteiger partial charge >= 0.3 is 6.09 Å². The second-order valence-corrected chi connectivity index (χ2v) is 6.81. The van der Waals surface area contributed by atoms with Gasteiger partial charge in [-0.1, -0.05) is 13.8 Å². The van der Waals surface area contributed by atoms with Crippen LogP contribution in [-0.4, -0.2) is 38.4 Å². The molecule has 1 aliphatic carbocycles. The van der Waals surface area contributed by atoms with Gasteiger partial charge in [0.1, 0.15) is 0 Å². The predicted octanol–water partition coefficient (Wildman–Crippen LogP) is 3.09. The first-order valence-electron chi connectivity index (χ1n) is 6.82. The largest absolute Gasteiger partial charge is 0.465 e. The van der Waals surface area contributed by atoms with Crippen LogP contribution in [0.4, 0.5) is 4.79 Å². The van der Waals surface area contributed by atoms with Crippen molar-refractivity contribution in [2.75, 3.05) is 0 Å². The Morgan fingerprint density at radius 1 is 1.28 bits per heavy atom. The monoisotopic (exact) mass is 257 g/mol. The molecule has 18 heavy (non-hydrogen) atoms. The Balaban J connectivity index is 2.75. The topological polar surface area (TPSA) is 60.8 Å². The van der Waals surface area contributed by atoms with Crippen molar-refractivity contribution in [3.8, 4) is 0 Å². The third kappa shape index (κ3) is 3.16. The van der Waals surface area contributed by atoms with Crippen molar-refractivity contribution >= 4 is 6.09 Å². The summed E-state index contributed by atoms with van der Waals surface area (Å²) in [6.07, 6.45) is 2.02. The van der Waals surface area contributed by atoms with Crippen LogP contribution >= 0.6 is 0 Å². The van der Waals surface area contributed by atoms with E-state index >= 15 is 0 Å². The van der Waals surface area contributed by atoms with Crippen LogP contribution in [0, 0.1) is 5.92 Å². The van der Waals surface area contributed by atoms with Crippen LogP contribution in [0.2, 0.25) is 0 Å². The van der Waals surface area contributed by atoms with Crippen molar-refractivity contribution in [2.24, 2.45) is 5.92 Å². The van der Waals surface area contributed by atoms with E-state index in [-0.39, 0.29) is 17.5 Å². The van der Waals surface area contributed by atoms with Crippen molar-refractivity contribution in [3.05, 3.63) is 0 Å². The fraction of sp³-hybridized carbons (Fsp3) is 0.929. The molecule has 0 aromatic heterocycles. The van der Waals surface area contributed by atoms with E-state index in [0.717, 1.165) is 12.8 Å². The number of carbonyl (C=O) groups is 1. The molecule has 4 heteroatoms. The fourth-order valence-corrected chi connectivity index (χ4v) is 2.93. The third-order valence-corrected chi connectivity index (χ3v) is 4.19. The molecule has 0 saturated heterocycles. The second-order valence-electron chi connectivity index (χ2n) is 6.81. The van der Waals surface area contributed by atoms with Crippen LogP contribution < -0.4 is 0 Å². The Morgan fingerprint density at radius 3 is 2.00 bits per heavy atom. The van der Waals surface area contributed by atoms with Gasteiger partial charge in [0, 0.05) is 11.6 Å². The average molecular weight is 257 g/mol. The first-order valence-corrected chi connectivity index (χ1v) is 6.82. The quantitative estimate of drug-likeness (QED) is 0.799. The van der Waals surface area contributed by atoms with E-state index in [1.54, 1.807) is 4.90 Å². The lowest BCUT2D eigenvalue weighted by Gasteiger charge is -2.46. The van der Waals surface area contributed by atoms with Crippen molar-refractivity contribution in [1.29, 1.82) is 0 Å². The molecule has 0 unspecified atom stereocenters. The highest BCUT2D eigenvalue weighted by molar-refractivity contribution is 5.66. The molecule has 0 aliphatic heterocycles. The Labute approximate surface area is 110 Å². The van der Waals surface area contributed by atoms with Crippen LogP contribution in [0.1, 0.15) is 60.3 Å². The molecule has 0 atom stereocenters. The summed E-state index contributed by atoms with van der Waals surface area (Å²) in [4.78, 5) is 13.0. The number of nitrogens with zero attached hydrogens (tertiary/aromatic N) is 1. The van der Waals surface area contributed by atoms with E-state index in [4.69, 9.17) is 0 Å². The summed E-state index contributed by atoms with van der Waals surface area (Å²) in [6.45, 7) is 9.82. The van der Waals surface area contributed by atoms with Crippen LogP contribution in [-0.2, 0) is 0 Å². The highest BCUT2D eigenvalue weighted by atomic mass is 16.4. The molecule has 0 bridgehead atoms. The molecule has 1 saturated carbocycles. The summed E-state index contributed by atoms with van der Waals surface area (Å²) >= 11 is 0. The van der Waals surface area contributed by atoms with E-state index in [1.807, 2.05) is 34.6 Å². The lowest BCUT2D eigenvalue weighted by Crippen LogP contribution is -2.54. The smallest absolute Gasteiger partial charge is 0.407 e. The highest BCUT2D eigenvalue weighted by Crippen LogP contribution is 2.37. The van der Waals surface area contributed by atoms with Crippen molar-refractivity contribution < 1.29 is 15.0 Å². The lowest BCUT2D eigenvalue weighted by molar-refractivity contribution is -0.0607. The van der Waals surface area contributed by atoms with Crippen LogP contribution in [0.5, 0.6) is 0 Å². The number of hydrogen-bond acceptors (Lipinski definition) is 2. The van der Waals surface area contributed by atoms with E-state index in [9.17, 15) is 15.0 Å². The molecular formula is C14H27NO3. The number of amides is 1. The zero-order valence-electron chi connectivity index (χ0n) is 12.2. The Hall–Kier alpha value is -0.770. The summed E-state index contributed by atoms with van der Waals surface area (Å²) < 4.78 is 0. The number of carboxylic acid groups (broad SMARTS) is 1. The van der Waals surface area contributed by atoms with Gasteiger partial charge in [0.15, 0.2) is 0 Å². The highest BCUT2D eigenvalue weighted by Gasteiger charge is 2.41. The average Bonchev–Trinajstić information content (AvgIpc) is 2.18. The van der Waals surface area contributed by atoms with Gasteiger partial charge in [-0.2, -0.15) is 0 Å². The summed E-state index contributed by atoms with van der Waals surface area (Å²) in [5.74, 6) is 0.228. The molecule has 4 nitrogen and oxygen atoms in total. The standard InChI is InChI=1S/C14H27NO3/c1-10(2)14(18)8-6-11(7-9-14)15(12(16)17)13(3,4)5/h10-11,18H,6-9H2,1-5H3,(H,16,17). The first-order chi connectivity index (χ1) is 8.08. The Bertz CT molecular complexity index is 299. The van der Waals surface area contributed by atoms with E-state index in [1.165, 1.54) is 0 Å². The molecule has 106 valence electrons. The maximum Gasteiger partial charge on any atom is 0.407 e. The molecule has 1 fully saturated rings. The fourth-order valence-electron chi connectivity index (χ4n) is 2.93. The minimum atomic E-state index is -0.859. The van der Waals surface area contributed by atoms with Crippen LogP contribution in [0.25, 0.3) is 0 Å². The van der Waals surface area contributed by atoms with Gasteiger partial charge < -0.3 is 15.1 Å². The van der Waals surface area contributed by atoms with Crippen molar-refractivity contribution in [3.63, 3.8) is 0 Å². The summed E-state index contributed by atoms with van der Waals surface area (Å²) in [5.41, 5.74) is -0.998. The SMILES string of the molecule is CC(C)C1(O)CCC(N(C(=O)O)C(C)(C)C)CC1. The first kappa shape index (κ1) is 15.3. The minimum Gasteiger partial charge on any atom is -0.465 e.